The van der Waals surface area contributed by atoms with E-state index in [0.29, 0.717) is 6.61 Å². The largest absolute Gasteiger partial charge is 0.546 e. The molecule has 0 aliphatic heterocycles. The minimum absolute atomic E-state index is 0.164. The lowest BCUT2D eigenvalue weighted by Crippen LogP contribution is -2.36. The third kappa shape index (κ3) is 4.10. The minimum Gasteiger partial charge on any atom is -0.546 e. The zero-order chi connectivity index (χ0) is 14.3. The van der Waals surface area contributed by atoms with Crippen molar-refractivity contribution in [2.24, 2.45) is 0 Å². The number of carbonyl (C=O) groups excluding carboxylic acids is 1. The van der Waals surface area contributed by atoms with E-state index in [1.54, 1.807) is 0 Å². The molecule has 1 aliphatic carbocycles. The number of rotatable bonds is 7. The normalized spacial score (nSPS) is 16.4. The molecular weight excluding hydrogens is 256 g/mol. The molecule has 0 N–H and O–H groups in total. The third-order valence-electron chi connectivity index (χ3n) is 4.21. The van der Waals surface area contributed by atoms with Gasteiger partial charge in [0.2, 0.25) is 8.32 Å². The molecular formula is C15H28O3Si. The monoisotopic (exact) mass is 284 g/mol. The predicted octanol–water partition coefficient (Wildman–Crippen LogP) is 4.40. The number of ether oxygens (including phenoxy) is 1. The van der Waals surface area contributed by atoms with Gasteiger partial charge in [0.1, 0.15) is 0 Å². The van der Waals surface area contributed by atoms with Crippen LogP contribution >= 0.6 is 0 Å². The summed E-state index contributed by atoms with van der Waals surface area (Å²) in [5.41, 5.74) is 0.806. The summed E-state index contributed by atoms with van der Waals surface area (Å²) in [6.07, 6.45) is 3.92. The third-order valence-corrected chi connectivity index (χ3v) is 8.76. The Bertz CT molecular complexity index is 324. The van der Waals surface area contributed by atoms with Gasteiger partial charge < -0.3 is 9.16 Å². The fourth-order valence-corrected chi connectivity index (χ4v) is 5.33. The van der Waals surface area contributed by atoms with E-state index < -0.39 is 8.32 Å². The lowest BCUT2D eigenvalue weighted by atomic mass is 9.98. The van der Waals surface area contributed by atoms with Gasteiger partial charge >= 0.3 is 5.97 Å². The van der Waals surface area contributed by atoms with Crippen molar-refractivity contribution in [3.8, 4) is 0 Å². The highest BCUT2D eigenvalue weighted by atomic mass is 28.4. The summed E-state index contributed by atoms with van der Waals surface area (Å²) < 4.78 is 11.6. The van der Waals surface area contributed by atoms with Crippen LogP contribution < -0.4 is 0 Å². The second-order valence-electron chi connectivity index (χ2n) is 5.18. The average Bonchev–Trinajstić information content (AvgIpc) is 2.45. The molecule has 0 saturated carbocycles. The molecule has 4 heteroatoms. The van der Waals surface area contributed by atoms with Gasteiger partial charge in [-0.3, -0.25) is 0 Å². The maximum Gasteiger partial charge on any atom is 0.337 e. The Morgan fingerprint density at radius 1 is 1.05 bits per heavy atom. The first-order valence-corrected chi connectivity index (χ1v) is 10.2. The Kier molecular flexibility index (Phi) is 6.62. The fraction of sp³-hybridized carbons (Fsp3) is 0.800. The van der Waals surface area contributed by atoms with Crippen molar-refractivity contribution in [3.63, 3.8) is 0 Å². The van der Waals surface area contributed by atoms with Gasteiger partial charge in [0.25, 0.3) is 0 Å². The van der Waals surface area contributed by atoms with E-state index in [1.165, 1.54) is 0 Å². The van der Waals surface area contributed by atoms with Gasteiger partial charge in [-0.1, -0.05) is 20.8 Å². The van der Waals surface area contributed by atoms with Crippen molar-refractivity contribution < 1.29 is 14.0 Å². The van der Waals surface area contributed by atoms with Crippen LogP contribution in [-0.2, 0) is 14.0 Å². The molecule has 3 nitrogen and oxygen atoms in total. The van der Waals surface area contributed by atoms with Gasteiger partial charge in [0.05, 0.1) is 17.9 Å². The van der Waals surface area contributed by atoms with Crippen LogP contribution in [0.5, 0.6) is 0 Å². The molecule has 0 unspecified atom stereocenters. The zero-order valence-electron chi connectivity index (χ0n) is 12.9. The second-order valence-corrected chi connectivity index (χ2v) is 9.87. The van der Waals surface area contributed by atoms with Gasteiger partial charge in [-0.05, 0) is 44.3 Å². The van der Waals surface area contributed by atoms with E-state index in [0.717, 1.165) is 55.1 Å². The number of hydrogen-bond donors (Lipinski definition) is 0. The number of allylic oxidation sites excluding steroid dienone is 1. The van der Waals surface area contributed by atoms with Crippen LogP contribution in [0.25, 0.3) is 0 Å². The standard InChI is InChI=1S/C15H28O3Si/c1-5-17-15(16)13-11-9-10-12-14(13)18-19(6-2,7-3)8-4/h5-12H2,1-4H3. The molecule has 0 heterocycles. The van der Waals surface area contributed by atoms with Crippen LogP contribution in [0, 0.1) is 0 Å². The Hall–Kier alpha value is -0.773. The highest BCUT2D eigenvalue weighted by Gasteiger charge is 2.33. The van der Waals surface area contributed by atoms with Crippen molar-refractivity contribution in [2.45, 2.75) is 71.5 Å². The molecule has 0 atom stereocenters. The van der Waals surface area contributed by atoms with Crippen molar-refractivity contribution >= 4 is 14.3 Å². The lowest BCUT2D eigenvalue weighted by molar-refractivity contribution is -0.139. The predicted molar refractivity (Wildman–Crippen MR) is 80.4 cm³/mol. The Balaban J connectivity index is 2.94. The molecule has 110 valence electrons. The van der Waals surface area contributed by atoms with Crippen molar-refractivity contribution in [3.05, 3.63) is 11.3 Å². The molecule has 19 heavy (non-hydrogen) atoms. The van der Waals surface area contributed by atoms with Crippen LogP contribution in [0.15, 0.2) is 11.3 Å². The molecule has 0 spiro atoms. The number of carbonyl (C=O) groups is 1. The molecule has 0 aromatic rings. The molecule has 0 saturated heterocycles. The minimum atomic E-state index is -1.68. The maximum atomic E-state index is 12.0. The summed E-state index contributed by atoms with van der Waals surface area (Å²) >= 11 is 0. The molecule has 1 aliphatic rings. The first-order valence-electron chi connectivity index (χ1n) is 7.70. The summed E-state index contributed by atoms with van der Waals surface area (Å²) in [4.78, 5) is 12.0. The molecule has 0 fully saturated rings. The fourth-order valence-electron chi connectivity index (χ4n) is 2.65. The van der Waals surface area contributed by atoms with Crippen LogP contribution in [0.4, 0.5) is 0 Å². The van der Waals surface area contributed by atoms with Gasteiger partial charge in [-0.2, -0.15) is 0 Å². The van der Waals surface area contributed by atoms with E-state index in [1.807, 2.05) is 6.92 Å². The van der Waals surface area contributed by atoms with E-state index in [2.05, 4.69) is 20.8 Å². The van der Waals surface area contributed by atoms with E-state index in [9.17, 15) is 4.79 Å². The zero-order valence-corrected chi connectivity index (χ0v) is 13.9. The Morgan fingerprint density at radius 3 is 2.16 bits per heavy atom. The van der Waals surface area contributed by atoms with E-state index >= 15 is 0 Å². The second kappa shape index (κ2) is 7.73. The molecule has 0 aromatic carbocycles. The van der Waals surface area contributed by atoms with Crippen LogP contribution in [-0.4, -0.2) is 20.9 Å². The van der Waals surface area contributed by atoms with Crippen LogP contribution in [0.3, 0.4) is 0 Å². The van der Waals surface area contributed by atoms with E-state index in [-0.39, 0.29) is 5.97 Å². The summed E-state index contributed by atoms with van der Waals surface area (Å²) in [6, 6.07) is 3.33. The first-order chi connectivity index (χ1) is 9.12. The van der Waals surface area contributed by atoms with Crippen molar-refractivity contribution in [1.29, 1.82) is 0 Å². The highest BCUT2D eigenvalue weighted by molar-refractivity contribution is 6.73. The summed E-state index contributed by atoms with van der Waals surface area (Å²) in [7, 11) is -1.68. The Morgan fingerprint density at radius 2 is 1.63 bits per heavy atom. The van der Waals surface area contributed by atoms with Gasteiger partial charge in [0, 0.05) is 6.42 Å². The van der Waals surface area contributed by atoms with Crippen LogP contribution in [0.1, 0.15) is 53.4 Å². The van der Waals surface area contributed by atoms with Crippen LogP contribution in [0.2, 0.25) is 18.1 Å². The molecule has 0 radical (unpaired) electrons. The number of esters is 1. The lowest BCUT2D eigenvalue weighted by Gasteiger charge is -2.33. The summed E-state index contributed by atoms with van der Waals surface area (Å²) in [5, 5.41) is 0. The van der Waals surface area contributed by atoms with Gasteiger partial charge in [-0.25, -0.2) is 4.79 Å². The van der Waals surface area contributed by atoms with Crippen molar-refractivity contribution in [2.75, 3.05) is 6.61 Å². The molecule has 0 aromatic heterocycles. The molecule has 0 amide bonds. The molecule has 0 bridgehead atoms. The van der Waals surface area contributed by atoms with Gasteiger partial charge in [0.15, 0.2) is 0 Å². The molecule has 1 rings (SSSR count). The van der Waals surface area contributed by atoms with Crippen molar-refractivity contribution in [1.82, 2.24) is 0 Å². The Labute approximate surface area is 118 Å². The first kappa shape index (κ1) is 16.3. The topological polar surface area (TPSA) is 35.5 Å². The summed E-state index contributed by atoms with van der Waals surface area (Å²) in [6.45, 7) is 8.93. The highest BCUT2D eigenvalue weighted by Crippen LogP contribution is 2.32. The van der Waals surface area contributed by atoms with Gasteiger partial charge in [-0.15, -0.1) is 0 Å². The van der Waals surface area contributed by atoms with E-state index in [4.69, 9.17) is 9.16 Å². The summed E-state index contributed by atoms with van der Waals surface area (Å²) in [5.74, 6) is 0.783. The quantitative estimate of drug-likeness (QED) is 0.513. The smallest absolute Gasteiger partial charge is 0.337 e. The SMILES string of the molecule is CCOC(=O)C1=C(O[Si](CC)(CC)CC)CCCC1. The maximum absolute atomic E-state index is 12.0. The number of hydrogen-bond acceptors (Lipinski definition) is 3. The average molecular weight is 284 g/mol.